The van der Waals surface area contributed by atoms with E-state index in [1.54, 1.807) is 0 Å². The third kappa shape index (κ3) is 4.77. The van der Waals surface area contributed by atoms with E-state index < -0.39 is 0 Å². The number of hydrogen-bond donors (Lipinski definition) is 2. The largest absolute Gasteiger partial charge is 0.355 e. The number of nitrogens with zero attached hydrogens (tertiary/aromatic N) is 1. The van der Waals surface area contributed by atoms with E-state index in [2.05, 4.69) is 24.1 Å². The third-order valence-corrected chi connectivity index (χ3v) is 4.27. The van der Waals surface area contributed by atoms with Gasteiger partial charge in [0.2, 0.25) is 5.91 Å². The number of unbranched alkanes of at least 4 members (excludes halogenated alkanes) is 1. The second kappa shape index (κ2) is 8.54. The van der Waals surface area contributed by atoms with E-state index in [-0.39, 0.29) is 11.4 Å². The minimum atomic E-state index is 0.0815. The lowest BCUT2D eigenvalue weighted by molar-refractivity contribution is -0.123. The van der Waals surface area contributed by atoms with Crippen LogP contribution in [0.1, 0.15) is 58.8 Å². The van der Waals surface area contributed by atoms with E-state index in [1.165, 1.54) is 12.8 Å². The molecule has 0 spiro atoms. The summed E-state index contributed by atoms with van der Waals surface area (Å²) in [5.74, 6) is 0.154. The zero-order valence-corrected chi connectivity index (χ0v) is 12.7. The van der Waals surface area contributed by atoms with Crippen LogP contribution in [0.3, 0.4) is 0 Å². The van der Waals surface area contributed by atoms with Crippen molar-refractivity contribution < 1.29 is 4.79 Å². The van der Waals surface area contributed by atoms with Crippen LogP contribution in [0.25, 0.3) is 0 Å². The maximum atomic E-state index is 12.0. The summed E-state index contributed by atoms with van der Waals surface area (Å²) in [5, 5.41) is 3.02. The van der Waals surface area contributed by atoms with Crippen LogP contribution in [0.5, 0.6) is 0 Å². The summed E-state index contributed by atoms with van der Waals surface area (Å²) in [6.07, 6.45) is 8.03. The molecular formula is C15H31N3O. The summed E-state index contributed by atoms with van der Waals surface area (Å²) in [4.78, 5) is 14.4. The Kier molecular flexibility index (Phi) is 7.39. The molecule has 4 heteroatoms. The van der Waals surface area contributed by atoms with Gasteiger partial charge in [0.25, 0.3) is 0 Å². The first-order chi connectivity index (χ1) is 9.18. The monoisotopic (exact) mass is 269 g/mol. The van der Waals surface area contributed by atoms with Crippen molar-refractivity contribution in [2.24, 2.45) is 5.73 Å². The Morgan fingerprint density at radius 3 is 2.47 bits per heavy atom. The van der Waals surface area contributed by atoms with Gasteiger partial charge in [0, 0.05) is 18.6 Å². The van der Waals surface area contributed by atoms with Crippen molar-refractivity contribution in [2.45, 2.75) is 64.3 Å². The topological polar surface area (TPSA) is 58.4 Å². The fourth-order valence-electron chi connectivity index (χ4n) is 3.07. The van der Waals surface area contributed by atoms with Crippen molar-refractivity contribution in [1.29, 1.82) is 0 Å². The molecule has 0 aromatic heterocycles. The molecule has 0 saturated heterocycles. The van der Waals surface area contributed by atoms with Gasteiger partial charge >= 0.3 is 0 Å². The molecule has 1 aliphatic carbocycles. The number of amides is 1. The van der Waals surface area contributed by atoms with E-state index in [1.807, 2.05) is 0 Å². The number of carbonyl (C=O) groups excluding carboxylic acids is 1. The normalized spacial score (nSPS) is 17.9. The van der Waals surface area contributed by atoms with Crippen molar-refractivity contribution in [1.82, 2.24) is 10.2 Å². The van der Waals surface area contributed by atoms with Gasteiger partial charge in [-0.1, -0.05) is 33.1 Å². The molecule has 0 atom stereocenters. The van der Waals surface area contributed by atoms with Gasteiger partial charge in [-0.2, -0.15) is 0 Å². The molecule has 1 fully saturated rings. The van der Waals surface area contributed by atoms with Crippen LogP contribution >= 0.6 is 0 Å². The Balaban J connectivity index is 2.53. The lowest BCUT2D eigenvalue weighted by atomic mass is 9.94. The highest BCUT2D eigenvalue weighted by molar-refractivity contribution is 5.78. The van der Waals surface area contributed by atoms with Gasteiger partial charge in [0.15, 0.2) is 0 Å². The Morgan fingerprint density at radius 2 is 1.95 bits per heavy atom. The van der Waals surface area contributed by atoms with Crippen molar-refractivity contribution >= 4 is 5.91 Å². The zero-order chi connectivity index (χ0) is 14.1. The van der Waals surface area contributed by atoms with Crippen molar-refractivity contribution in [3.8, 4) is 0 Å². The minimum absolute atomic E-state index is 0.0815. The molecule has 0 heterocycles. The summed E-state index contributed by atoms with van der Waals surface area (Å²) in [5.41, 5.74) is 6.11. The third-order valence-electron chi connectivity index (χ3n) is 4.27. The van der Waals surface area contributed by atoms with Crippen LogP contribution < -0.4 is 11.1 Å². The average molecular weight is 269 g/mol. The molecule has 19 heavy (non-hydrogen) atoms. The molecule has 4 nitrogen and oxygen atoms in total. The number of nitrogens with two attached hydrogens (primary N) is 1. The molecule has 0 unspecified atom stereocenters. The van der Waals surface area contributed by atoms with Gasteiger partial charge < -0.3 is 11.1 Å². The highest BCUT2D eigenvalue weighted by Gasteiger charge is 2.38. The smallest absolute Gasteiger partial charge is 0.234 e. The minimum Gasteiger partial charge on any atom is -0.355 e. The van der Waals surface area contributed by atoms with Gasteiger partial charge in [-0.3, -0.25) is 9.69 Å². The highest BCUT2D eigenvalue weighted by Crippen LogP contribution is 2.34. The summed E-state index contributed by atoms with van der Waals surface area (Å²) < 4.78 is 0. The van der Waals surface area contributed by atoms with E-state index in [9.17, 15) is 4.79 Å². The molecule has 0 radical (unpaired) electrons. The SMILES string of the molecule is CCCCNC(=O)CN(CCC)C1(CN)CCCC1. The number of nitrogens with one attached hydrogen (secondary N) is 1. The van der Waals surface area contributed by atoms with Gasteiger partial charge in [0.05, 0.1) is 6.54 Å². The second-order valence-electron chi connectivity index (χ2n) is 5.76. The Bertz CT molecular complexity index is 262. The molecule has 0 aromatic rings. The van der Waals surface area contributed by atoms with E-state index >= 15 is 0 Å². The molecule has 1 aliphatic rings. The lowest BCUT2D eigenvalue weighted by Gasteiger charge is -2.40. The van der Waals surface area contributed by atoms with E-state index in [0.29, 0.717) is 13.1 Å². The molecule has 0 aliphatic heterocycles. The summed E-state index contributed by atoms with van der Waals surface area (Å²) in [6.45, 7) is 7.26. The molecule has 112 valence electrons. The quantitative estimate of drug-likeness (QED) is 0.628. The number of carbonyl (C=O) groups is 1. The van der Waals surface area contributed by atoms with Crippen LogP contribution in [0.15, 0.2) is 0 Å². The average Bonchev–Trinajstić information content (AvgIpc) is 2.88. The first-order valence-corrected chi connectivity index (χ1v) is 7.90. The highest BCUT2D eigenvalue weighted by atomic mass is 16.2. The van der Waals surface area contributed by atoms with Gasteiger partial charge in [0.1, 0.15) is 0 Å². The second-order valence-corrected chi connectivity index (χ2v) is 5.76. The predicted octanol–water partition coefficient (Wildman–Crippen LogP) is 1.89. The maximum absolute atomic E-state index is 12.0. The van der Waals surface area contributed by atoms with Crippen LogP contribution in [-0.2, 0) is 4.79 Å². The summed E-state index contributed by atoms with van der Waals surface area (Å²) in [7, 11) is 0. The molecule has 1 saturated carbocycles. The van der Waals surface area contributed by atoms with Gasteiger partial charge in [-0.05, 0) is 32.2 Å². The molecule has 1 rings (SSSR count). The van der Waals surface area contributed by atoms with Crippen LogP contribution in [0, 0.1) is 0 Å². The standard InChI is InChI=1S/C15H31N3O/c1-3-5-10-17-14(19)12-18(11-4-2)15(13-16)8-6-7-9-15/h3-13,16H2,1-2H3,(H,17,19). The fourth-order valence-corrected chi connectivity index (χ4v) is 3.07. The molecular weight excluding hydrogens is 238 g/mol. The summed E-state index contributed by atoms with van der Waals surface area (Å²) in [6, 6.07) is 0. The molecule has 1 amide bonds. The van der Waals surface area contributed by atoms with Crippen LogP contribution in [0.2, 0.25) is 0 Å². The Labute approximate surface area is 118 Å². The van der Waals surface area contributed by atoms with Crippen molar-refractivity contribution in [3.63, 3.8) is 0 Å². The molecule has 3 N–H and O–H groups in total. The molecule has 0 aromatic carbocycles. The molecule has 0 bridgehead atoms. The van der Waals surface area contributed by atoms with Gasteiger partial charge in [-0.25, -0.2) is 0 Å². The maximum Gasteiger partial charge on any atom is 0.234 e. The number of hydrogen-bond acceptors (Lipinski definition) is 3. The van der Waals surface area contributed by atoms with Crippen LogP contribution in [0.4, 0.5) is 0 Å². The number of rotatable bonds is 9. The van der Waals surface area contributed by atoms with E-state index in [4.69, 9.17) is 5.73 Å². The van der Waals surface area contributed by atoms with E-state index in [0.717, 1.165) is 45.2 Å². The zero-order valence-electron chi connectivity index (χ0n) is 12.7. The lowest BCUT2D eigenvalue weighted by Crippen LogP contribution is -2.55. The first-order valence-electron chi connectivity index (χ1n) is 7.90. The first kappa shape index (κ1) is 16.4. The van der Waals surface area contributed by atoms with Crippen molar-refractivity contribution in [3.05, 3.63) is 0 Å². The Morgan fingerprint density at radius 1 is 1.26 bits per heavy atom. The van der Waals surface area contributed by atoms with Crippen molar-refractivity contribution in [2.75, 3.05) is 26.2 Å². The summed E-state index contributed by atoms with van der Waals surface area (Å²) >= 11 is 0. The predicted molar refractivity (Wildman–Crippen MR) is 80.0 cm³/mol. The fraction of sp³-hybridized carbons (Fsp3) is 0.933. The van der Waals surface area contributed by atoms with Gasteiger partial charge in [-0.15, -0.1) is 0 Å². The Hall–Kier alpha value is -0.610. The van der Waals surface area contributed by atoms with Crippen LogP contribution in [-0.4, -0.2) is 42.5 Å².